The maximum atomic E-state index is 4.12. The van der Waals surface area contributed by atoms with Gasteiger partial charge in [0, 0.05) is 25.0 Å². The Morgan fingerprint density at radius 2 is 2.44 bits per heavy atom. The molecule has 0 aliphatic rings. The molecule has 1 atom stereocenters. The Hall–Kier alpha value is -0.710. The maximum absolute atomic E-state index is 4.12. The van der Waals surface area contributed by atoms with Crippen LogP contribution >= 0.6 is 27.3 Å². The van der Waals surface area contributed by atoms with E-state index in [4.69, 9.17) is 0 Å². The Labute approximate surface area is 108 Å². The summed E-state index contributed by atoms with van der Waals surface area (Å²) in [5.74, 6) is 0. The largest absolute Gasteiger partial charge is 0.306 e. The van der Waals surface area contributed by atoms with Crippen molar-refractivity contribution in [2.45, 2.75) is 19.5 Å². The highest BCUT2D eigenvalue weighted by Gasteiger charge is 2.04. The molecule has 0 saturated carbocycles. The number of nitrogens with one attached hydrogen (secondary N) is 1. The first-order valence-corrected chi connectivity index (χ1v) is 6.79. The van der Waals surface area contributed by atoms with Gasteiger partial charge in [-0.2, -0.15) is 0 Å². The van der Waals surface area contributed by atoms with Crippen LogP contribution in [0.15, 0.2) is 39.8 Å². The second-order valence-corrected chi connectivity index (χ2v) is 5.94. The SMILES string of the molecule is CC(NCc1csc(Br)c1)c1cccnc1. The van der Waals surface area contributed by atoms with E-state index in [0.29, 0.717) is 6.04 Å². The summed E-state index contributed by atoms with van der Waals surface area (Å²) >= 11 is 5.18. The van der Waals surface area contributed by atoms with Gasteiger partial charge in [0.25, 0.3) is 0 Å². The van der Waals surface area contributed by atoms with Crippen molar-refractivity contribution in [3.8, 4) is 0 Å². The van der Waals surface area contributed by atoms with E-state index in [2.05, 4.69) is 50.7 Å². The van der Waals surface area contributed by atoms with E-state index in [1.54, 1.807) is 17.5 Å². The lowest BCUT2D eigenvalue weighted by Gasteiger charge is -2.12. The topological polar surface area (TPSA) is 24.9 Å². The number of nitrogens with zero attached hydrogens (tertiary/aromatic N) is 1. The fourth-order valence-corrected chi connectivity index (χ4v) is 2.67. The van der Waals surface area contributed by atoms with Crippen LogP contribution in [0.2, 0.25) is 0 Å². The van der Waals surface area contributed by atoms with Gasteiger partial charge >= 0.3 is 0 Å². The zero-order chi connectivity index (χ0) is 11.4. The Kier molecular flexibility index (Phi) is 4.09. The molecule has 84 valence electrons. The van der Waals surface area contributed by atoms with Crippen molar-refractivity contribution in [1.82, 2.24) is 10.3 Å². The minimum Gasteiger partial charge on any atom is -0.306 e. The first-order valence-electron chi connectivity index (χ1n) is 5.12. The molecular weight excluding hydrogens is 284 g/mol. The van der Waals surface area contributed by atoms with E-state index in [0.717, 1.165) is 6.54 Å². The number of rotatable bonds is 4. The van der Waals surface area contributed by atoms with Crippen molar-refractivity contribution < 1.29 is 0 Å². The number of halogens is 1. The Bertz CT molecular complexity index is 441. The Morgan fingerprint density at radius 3 is 3.06 bits per heavy atom. The summed E-state index contributed by atoms with van der Waals surface area (Å²) in [6, 6.07) is 6.53. The predicted octanol–water partition coefficient (Wildman–Crippen LogP) is 3.76. The molecule has 0 fully saturated rings. The van der Waals surface area contributed by atoms with Gasteiger partial charge in [0.05, 0.1) is 3.79 Å². The first kappa shape index (κ1) is 11.8. The van der Waals surface area contributed by atoms with E-state index in [-0.39, 0.29) is 0 Å². The van der Waals surface area contributed by atoms with E-state index >= 15 is 0 Å². The van der Waals surface area contributed by atoms with Crippen LogP contribution in [0.25, 0.3) is 0 Å². The summed E-state index contributed by atoms with van der Waals surface area (Å²) in [7, 11) is 0. The Morgan fingerprint density at radius 1 is 1.56 bits per heavy atom. The predicted molar refractivity (Wildman–Crippen MR) is 71.5 cm³/mol. The van der Waals surface area contributed by atoms with Crippen LogP contribution in [-0.2, 0) is 6.54 Å². The molecule has 2 heterocycles. The summed E-state index contributed by atoms with van der Waals surface area (Å²) in [4.78, 5) is 4.12. The lowest BCUT2D eigenvalue weighted by atomic mass is 10.1. The maximum Gasteiger partial charge on any atom is 0.0701 e. The van der Waals surface area contributed by atoms with E-state index in [1.165, 1.54) is 14.9 Å². The summed E-state index contributed by atoms with van der Waals surface area (Å²) in [5.41, 5.74) is 2.53. The fourth-order valence-electron chi connectivity index (χ4n) is 1.46. The van der Waals surface area contributed by atoms with Gasteiger partial charge in [0.15, 0.2) is 0 Å². The van der Waals surface area contributed by atoms with E-state index in [1.807, 2.05) is 12.3 Å². The van der Waals surface area contributed by atoms with Crippen LogP contribution in [-0.4, -0.2) is 4.98 Å². The lowest BCUT2D eigenvalue weighted by Crippen LogP contribution is -2.17. The second-order valence-electron chi connectivity index (χ2n) is 3.65. The second kappa shape index (κ2) is 5.57. The molecule has 2 aromatic rings. The summed E-state index contributed by atoms with van der Waals surface area (Å²) in [6.07, 6.45) is 3.70. The third kappa shape index (κ3) is 3.14. The molecular formula is C12H13BrN2S. The average Bonchev–Trinajstić information content (AvgIpc) is 2.73. The van der Waals surface area contributed by atoms with Gasteiger partial charge in [-0.15, -0.1) is 11.3 Å². The number of hydrogen-bond donors (Lipinski definition) is 1. The van der Waals surface area contributed by atoms with Crippen LogP contribution in [0.1, 0.15) is 24.1 Å². The molecule has 0 saturated heterocycles. The third-order valence-corrected chi connectivity index (χ3v) is 3.97. The average molecular weight is 297 g/mol. The molecule has 1 N–H and O–H groups in total. The normalized spacial score (nSPS) is 12.6. The molecule has 0 aliphatic heterocycles. The fraction of sp³-hybridized carbons (Fsp3) is 0.250. The molecule has 1 unspecified atom stereocenters. The van der Waals surface area contributed by atoms with Crippen molar-refractivity contribution in [3.05, 3.63) is 50.9 Å². The number of aromatic nitrogens is 1. The molecule has 0 aliphatic carbocycles. The zero-order valence-corrected chi connectivity index (χ0v) is 11.4. The van der Waals surface area contributed by atoms with Gasteiger partial charge in [-0.1, -0.05) is 6.07 Å². The van der Waals surface area contributed by atoms with Gasteiger partial charge in [-0.25, -0.2) is 0 Å². The van der Waals surface area contributed by atoms with Crippen LogP contribution in [0, 0.1) is 0 Å². The van der Waals surface area contributed by atoms with Gasteiger partial charge in [0.2, 0.25) is 0 Å². The highest BCUT2D eigenvalue weighted by Crippen LogP contribution is 2.21. The lowest BCUT2D eigenvalue weighted by molar-refractivity contribution is 0.574. The molecule has 4 heteroatoms. The number of thiophene rings is 1. The molecule has 0 spiro atoms. The van der Waals surface area contributed by atoms with Crippen molar-refractivity contribution in [2.24, 2.45) is 0 Å². The minimum atomic E-state index is 0.326. The standard InChI is InChI=1S/C12H13BrN2S/c1-9(11-3-2-4-14-7-11)15-6-10-5-12(13)16-8-10/h2-5,7-9,15H,6H2,1H3. The van der Waals surface area contributed by atoms with Gasteiger partial charge in [0.1, 0.15) is 0 Å². The molecule has 0 amide bonds. The Balaban J connectivity index is 1.91. The van der Waals surface area contributed by atoms with Gasteiger partial charge < -0.3 is 5.32 Å². The summed E-state index contributed by atoms with van der Waals surface area (Å²) in [5, 5.41) is 5.63. The molecule has 0 bridgehead atoms. The highest BCUT2D eigenvalue weighted by molar-refractivity contribution is 9.11. The summed E-state index contributed by atoms with van der Waals surface area (Å²) in [6.45, 7) is 3.04. The van der Waals surface area contributed by atoms with Crippen LogP contribution in [0.4, 0.5) is 0 Å². The molecule has 2 aromatic heterocycles. The van der Waals surface area contributed by atoms with Crippen LogP contribution in [0.3, 0.4) is 0 Å². The smallest absolute Gasteiger partial charge is 0.0701 e. The molecule has 0 radical (unpaired) electrons. The van der Waals surface area contributed by atoms with Crippen molar-refractivity contribution in [3.63, 3.8) is 0 Å². The molecule has 0 aromatic carbocycles. The van der Waals surface area contributed by atoms with Crippen molar-refractivity contribution >= 4 is 27.3 Å². The van der Waals surface area contributed by atoms with E-state index in [9.17, 15) is 0 Å². The first-order chi connectivity index (χ1) is 7.75. The monoisotopic (exact) mass is 296 g/mol. The van der Waals surface area contributed by atoms with E-state index < -0.39 is 0 Å². The van der Waals surface area contributed by atoms with Crippen LogP contribution < -0.4 is 5.32 Å². The van der Waals surface area contributed by atoms with Gasteiger partial charge in [-0.3, -0.25) is 4.98 Å². The minimum absolute atomic E-state index is 0.326. The third-order valence-electron chi connectivity index (χ3n) is 2.42. The molecule has 16 heavy (non-hydrogen) atoms. The summed E-state index contributed by atoms with van der Waals surface area (Å²) < 4.78 is 1.18. The van der Waals surface area contributed by atoms with Gasteiger partial charge in [-0.05, 0) is 51.5 Å². The molecule has 2 rings (SSSR count). The quantitative estimate of drug-likeness (QED) is 0.929. The molecule has 2 nitrogen and oxygen atoms in total. The van der Waals surface area contributed by atoms with Crippen molar-refractivity contribution in [1.29, 1.82) is 0 Å². The zero-order valence-electron chi connectivity index (χ0n) is 8.98. The number of pyridine rings is 1. The van der Waals surface area contributed by atoms with Crippen LogP contribution in [0.5, 0.6) is 0 Å². The number of hydrogen-bond acceptors (Lipinski definition) is 3. The van der Waals surface area contributed by atoms with Crippen molar-refractivity contribution in [2.75, 3.05) is 0 Å². The highest BCUT2D eigenvalue weighted by atomic mass is 79.9.